The van der Waals surface area contributed by atoms with Crippen molar-refractivity contribution in [2.24, 2.45) is 5.73 Å². The number of halogens is 1. The van der Waals surface area contributed by atoms with Crippen LogP contribution in [-0.2, 0) is 6.54 Å². The van der Waals surface area contributed by atoms with E-state index in [1.165, 1.54) is 12.8 Å². The average Bonchev–Trinajstić information content (AvgIpc) is 2.40. The number of pyridine rings is 1. The number of rotatable bonds is 7. The molecule has 1 atom stereocenters. The summed E-state index contributed by atoms with van der Waals surface area (Å²) in [6.45, 7) is 8.05. The summed E-state index contributed by atoms with van der Waals surface area (Å²) in [4.78, 5) is 6.93. The maximum Gasteiger partial charge on any atom is 0.129 e. The van der Waals surface area contributed by atoms with Crippen molar-refractivity contribution >= 4 is 17.4 Å². The molecule has 18 heavy (non-hydrogen) atoms. The zero-order chi connectivity index (χ0) is 13.5. The van der Waals surface area contributed by atoms with Crippen LogP contribution in [0.1, 0.15) is 45.7 Å². The fourth-order valence-electron chi connectivity index (χ4n) is 1.89. The molecule has 0 spiro atoms. The molecule has 3 nitrogen and oxygen atoms in total. The fourth-order valence-corrected chi connectivity index (χ4v) is 2.07. The lowest BCUT2D eigenvalue weighted by atomic mass is 10.2. The second-order valence-electron chi connectivity index (χ2n) is 4.61. The number of anilines is 1. The second-order valence-corrected chi connectivity index (χ2v) is 5.01. The van der Waals surface area contributed by atoms with Crippen molar-refractivity contribution in [1.29, 1.82) is 0 Å². The first-order valence-corrected chi connectivity index (χ1v) is 7.13. The van der Waals surface area contributed by atoms with E-state index >= 15 is 0 Å². The van der Waals surface area contributed by atoms with Crippen LogP contribution in [0.3, 0.4) is 0 Å². The Hall–Kier alpha value is -0.800. The first-order valence-electron chi connectivity index (χ1n) is 6.76. The Morgan fingerprint density at radius 3 is 2.67 bits per heavy atom. The molecule has 0 aliphatic rings. The molecule has 0 aromatic carbocycles. The first kappa shape index (κ1) is 15.3. The van der Waals surface area contributed by atoms with Gasteiger partial charge in [0.2, 0.25) is 0 Å². The maximum absolute atomic E-state index is 6.06. The van der Waals surface area contributed by atoms with Gasteiger partial charge in [0, 0.05) is 19.1 Å². The van der Waals surface area contributed by atoms with Crippen molar-refractivity contribution in [3.05, 3.63) is 22.8 Å². The molecule has 102 valence electrons. The van der Waals surface area contributed by atoms with Crippen molar-refractivity contribution in [2.45, 2.75) is 52.6 Å². The van der Waals surface area contributed by atoms with Crippen molar-refractivity contribution in [3.63, 3.8) is 0 Å². The summed E-state index contributed by atoms with van der Waals surface area (Å²) >= 11 is 6.06. The minimum atomic E-state index is 0.384. The van der Waals surface area contributed by atoms with Gasteiger partial charge in [-0.15, -0.1) is 0 Å². The van der Waals surface area contributed by atoms with Gasteiger partial charge in [0.15, 0.2) is 0 Å². The van der Waals surface area contributed by atoms with E-state index in [9.17, 15) is 0 Å². The first-order chi connectivity index (χ1) is 8.63. The minimum Gasteiger partial charge on any atom is -0.354 e. The molecule has 0 aliphatic heterocycles. The molecule has 0 saturated carbocycles. The van der Waals surface area contributed by atoms with E-state index in [-0.39, 0.29) is 0 Å². The molecule has 0 bridgehead atoms. The molecule has 0 saturated heterocycles. The normalized spacial score (nSPS) is 12.5. The Morgan fingerprint density at radius 1 is 1.39 bits per heavy atom. The largest absolute Gasteiger partial charge is 0.354 e. The topological polar surface area (TPSA) is 42.1 Å². The molecule has 1 aromatic rings. The van der Waals surface area contributed by atoms with Crippen LogP contribution in [0.15, 0.2) is 12.1 Å². The Bertz CT molecular complexity index is 368. The Balaban J connectivity index is 2.96. The second kappa shape index (κ2) is 7.59. The van der Waals surface area contributed by atoms with Crippen molar-refractivity contribution in [2.75, 3.05) is 11.4 Å². The van der Waals surface area contributed by atoms with Crippen molar-refractivity contribution in [1.82, 2.24) is 4.98 Å². The van der Waals surface area contributed by atoms with Gasteiger partial charge in [0.25, 0.3) is 0 Å². The third kappa shape index (κ3) is 3.85. The van der Waals surface area contributed by atoms with Crippen molar-refractivity contribution < 1.29 is 0 Å². The number of unbranched alkanes of at least 4 members (excludes halogenated alkanes) is 1. The van der Waals surface area contributed by atoms with E-state index in [2.05, 4.69) is 30.7 Å². The van der Waals surface area contributed by atoms with Gasteiger partial charge in [-0.1, -0.05) is 31.9 Å². The Labute approximate surface area is 115 Å². The predicted molar refractivity (Wildman–Crippen MR) is 79.1 cm³/mol. The molecule has 1 heterocycles. The van der Waals surface area contributed by atoms with Crippen LogP contribution in [0.25, 0.3) is 0 Å². The van der Waals surface area contributed by atoms with Crippen LogP contribution in [0, 0.1) is 0 Å². The molecule has 4 heteroatoms. The van der Waals surface area contributed by atoms with E-state index in [1.807, 2.05) is 12.1 Å². The fraction of sp³-hybridized carbons (Fsp3) is 0.643. The van der Waals surface area contributed by atoms with E-state index in [0.717, 1.165) is 24.5 Å². The number of hydrogen-bond acceptors (Lipinski definition) is 3. The van der Waals surface area contributed by atoms with Gasteiger partial charge in [-0.3, -0.25) is 0 Å². The summed E-state index contributed by atoms with van der Waals surface area (Å²) in [5, 5.41) is 0.654. The highest BCUT2D eigenvalue weighted by Crippen LogP contribution is 2.22. The van der Waals surface area contributed by atoms with Gasteiger partial charge >= 0.3 is 0 Å². The van der Waals surface area contributed by atoms with Gasteiger partial charge in [-0.2, -0.15) is 0 Å². The quantitative estimate of drug-likeness (QED) is 0.822. The molecule has 2 N–H and O–H groups in total. The lowest BCUT2D eigenvalue weighted by Crippen LogP contribution is -2.34. The molecule has 0 amide bonds. The maximum atomic E-state index is 6.06. The van der Waals surface area contributed by atoms with Crippen LogP contribution < -0.4 is 10.6 Å². The Morgan fingerprint density at radius 2 is 2.11 bits per heavy atom. The third-order valence-corrected chi connectivity index (χ3v) is 3.61. The van der Waals surface area contributed by atoms with Crippen LogP contribution >= 0.6 is 11.6 Å². The zero-order valence-corrected chi connectivity index (χ0v) is 12.4. The molecule has 1 aromatic heterocycles. The van der Waals surface area contributed by atoms with E-state index < -0.39 is 0 Å². The number of nitrogens with two attached hydrogens (primary N) is 1. The summed E-state index contributed by atoms with van der Waals surface area (Å²) in [5.74, 6) is 0.989. The summed E-state index contributed by atoms with van der Waals surface area (Å²) in [7, 11) is 0. The number of nitrogens with zero attached hydrogens (tertiary/aromatic N) is 2. The van der Waals surface area contributed by atoms with Crippen LogP contribution in [0.4, 0.5) is 5.82 Å². The monoisotopic (exact) mass is 269 g/mol. The smallest absolute Gasteiger partial charge is 0.129 e. The number of aromatic nitrogens is 1. The summed E-state index contributed by atoms with van der Waals surface area (Å²) in [5.41, 5.74) is 6.44. The molecule has 0 radical (unpaired) electrons. The summed E-state index contributed by atoms with van der Waals surface area (Å²) < 4.78 is 0. The van der Waals surface area contributed by atoms with E-state index in [0.29, 0.717) is 17.6 Å². The molecule has 0 aliphatic carbocycles. The van der Waals surface area contributed by atoms with Crippen LogP contribution in [-0.4, -0.2) is 17.6 Å². The molecule has 1 rings (SSSR count). The Kier molecular flexibility index (Phi) is 6.44. The third-order valence-electron chi connectivity index (χ3n) is 3.27. The number of hydrogen-bond donors (Lipinski definition) is 1. The van der Waals surface area contributed by atoms with Gasteiger partial charge in [0.05, 0.1) is 10.7 Å². The average molecular weight is 270 g/mol. The molecule has 1 unspecified atom stereocenters. The molecular formula is C14H24ClN3. The lowest BCUT2D eigenvalue weighted by molar-refractivity contribution is 0.588. The summed E-state index contributed by atoms with van der Waals surface area (Å²) in [6, 6.07) is 4.37. The highest BCUT2D eigenvalue weighted by atomic mass is 35.5. The van der Waals surface area contributed by atoms with Gasteiger partial charge in [0.1, 0.15) is 5.82 Å². The zero-order valence-electron chi connectivity index (χ0n) is 11.6. The highest BCUT2D eigenvalue weighted by Gasteiger charge is 2.14. The minimum absolute atomic E-state index is 0.384. The highest BCUT2D eigenvalue weighted by molar-refractivity contribution is 6.31. The van der Waals surface area contributed by atoms with E-state index in [1.54, 1.807) is 0 Å². The van der Waals surface area contributed by atoms with Crippen molar-refractivity contribution in [3.8, 4) is 0 Å². The molecular weight excluding hydrogens is 246 g/mol. The standard InChI is InChI=1S/C14H24ClN3/c1-4-6-9-18(11(3)5-2)14-8-7-12(15)13(10-16)17-14/h7-8,11H,4-6,9-10,16H2,1-3H3. The van der Waals surface area contributed by atoms with Crippen LogP contribution in [0.5, 0.6) is 0 Å². The summed E-state index contributed by atoms with van der Waals surface area (Å²) in [6.07, 6.45) is 3.46. The SMILES string of the molecule is CCCCN(c1ccc(Cl)c(CN)n1)C(C)CC. The predicted octanol–water partition coefficient (Wildman–Crippen LogP) is 3.60. The van der Waals surface area contributed by atoms with Crippen LogP contribution in [0.2, 0.25) is 5.02 Å². The van der Waals surface area contributed by atoms with E-state index in [4.69, 9.17) is 17.3 Å². The van der Waals surface area contributed by atoms with Gasteiger partial charge < -0.3 is 10.6 Å². The van der Waals surface area contributed by atoms with Gasteiger partial charge in [-0.25, -0.2) is 4.98 Å². The lowest BCUT2D eigenvalue weighted by Gasteiger charge is -2.30. The molecule has 0 fully saturated rings. The van der Waals surface area contributed by atoms with Gasteiger partial charge in [-0.05, 0) is 31.9 Å².